The summed E-state index contributed by atoms with van der Waals surface area (Å²) < 4.78 is 7.44. The molecule has 0 heterocycles. The summed E-state index contributed by atoms with van der Waals surface area (Å²) in [5.74, 6) is 0.861. The minimum Gasteiger partial charge on any atom is -0.492 e. The average Bonchev–Trinajstić information content (AvgIpc) is 2.12. The number of allylic oxidation sites excluding steroid dienone is 1. The first-order valence-corrected chi connectivity index (χ1v) is 5.99. The quantitative estimate of drug-likeness (QED) is 0.750. The average molecular weight is 320 g/mol. The molecule has 3 heteroatoms. The summed E-state index contributed by atoms with van der Waals surface area (Å²) in [4.78, 5) is 0. The molecule has 1 rings (SSSR count). The van der Waals surface area contributed by atoms with Gasteiger partial charge in [0, 0.05) is 0 Å². The zero-order valence-electron chi connectivity index (χ0n) is 8.02. The largest absolute Gasteiger partial charge is 0.492 e. The van der Waals surface area contributed by atoms with Crippen molar-refractivity contribution in [2.45, 2.75) is 13.3 Å². The molecule has 0 atom stereocenters. The molecule has 0 amide bonds. The van der Waals surface area contributed by atoms with Crippen molar-refractivity contribution in [2.24, 2.45) is 0 Å². The van der Waals surface area contributed by atoms with Gasteiger partial charge in [-0.3, -0.25) is 0 Å². The van der Waals surface area contributed by atoms with Crippen LogP contribution in [0.25, 0.3) is 0 Å². The van der Waals surface area contributed by atoms with Gasteiger partial charge >= 0.3 is 0 Å². The summed E-state index contributed by atoms with van der Waals surface area (Å²) in [5, 5.41) is 0. The summed E-state index contributed by atoms with van der Waals surface area (Å²) in [6.45, 7) is 6.35. The summed E-state index contributed by atoms with van der Waals surface area (Å²) in [5.41, 5.74) is 1.21. The van der Waals surface area contributed by atoms with E-state index in [-0.39, 0.29) is 0 Å². The Labute approximate surface area is 101 Å². The second-order valence-electron chi connectivity index (χ2n) is 2.81. The Balaban J connectivity index is 3.04. The highest BCUT2D eigenvalue weighted by Gasteiger charge is 2.07. The molecule has 0 spiro atoms. The van der Waals surface area contributed by atoms with Crippen molar-refractivity contribution in [3.05, 3.63) is 39.3 Å². The van der Waals surface area contributed by atoms with Crippen LogP contribution in [0.4, 0.5) is 0 Å². The Morgan fingerprint density at radius 2 is 1.93 bits per heavy atom. The number of halogens is 2. The maximum Gasteiger partial charge on any atom is 0.147 e. The predicted molar refractivity (Wildman–Crippen MR) is 66.9 cm³/mol. The van der Waals surface area contributed by atoms with Crippen LogP contribution in [-0.2, 0) is 6.42 Å². The minimum atomic E-state index is 0.665. The van der Waals surface area contributed by atoms with Gasteiger partial charge in [0.15, 0.2) is 0 Å². The van der Waals surface area contributed by atoms with Crippen molar-refractivity contribution in [1.29, 1.82) is 0 Å². The van der Waals surface area contributed by atoms with Crippen molar-refractivity contribution in [2.75, 3.05) is 6.61 Å². The first kappa shape index (κ1) is 11.8. The zero-order valence-corrected chi connectivity index (χ0v) is 11.2. The van der Waals surface area contributed by atoms with Gasteiger partial charge in [-0.25, -0.2) is 0 Å². The minimum absolute atomic E-state index is 0.665. The van der Waals surface area contributed by atoms with Gasteiger partial charge in [-0.05, 0) is 62.9 Å². The van der Waals surface area contributed by atoms with Crippen molar-refractivity contribution >= 4 is 31.9 Å². The number of hydrogen-bond donors (Lipinski definition) is 0. The van der Waals surface area contributed by atoms with Gasteiger partial charge in [0.25, 0.3) is 0 Å². The molecular weight excluding hydrogens is 308 g/mol. The maximum atomic E-state index is 5.48. The molecule has 0 aromatic heterocycles. The van der Waals surface area contributed by atoms with Gasteiger partial charge < -0.3 is 4.74 Å². The second kappa shape index (κ2) is 5.56. The van der Waals surface area contributed by atoms with Crippen LogP contribution in [0.5, 0.6) is 5.75 Å². The summed E-state index contributed by atoms with van der Waals surface area (Å²) in [6, 6.07) is 4.11. The fourth-order valence-corrected chi connectivity index (χ4v) is 2.69. The highest BCUT2D eigenvalue weighted by Crippen LogP contribution is 2.34. The van der Waals surface area contributed by atoms with E-state index in [1.165, 1.54) is 5.56 Å². The van der Waals surface area contributed by atoms with E-state index in [0.717, 1.165) is 21.1 Å². The number of rotatable bonds is 4. The van der Waals surface area contributed by atoms with Crippen LogP contribution in [-0.4, -0.2) is 6.61 Å². The predicted octanol–water partition coefficient (Wildman–Crippen LogP) is 4.34. The molecule has 14 heavy (non-hydrogen) atoms. The lowest BCUT2D eigenvalue weighted by Gasteiger charge is -2.09. The van der Waals surface area contributed by atoms with Crippen LogP contribution in [0, 0.1) is 0 Å². The lowest BCUT2D eigenvalue weighted by atomic mass is 10.1. The van der Waals surface area contributed by atoms with Crippen molar-refractivity contribution < 1.29 is 4.74 Å². The fraction of sp³-hybridized carbons (Fsp3) is 0.273. The highest BCUT2D eigenvalue weighted by molar-refractivity contribution is 9.11. The first-order valence-electron chi connectivity index (χ1n) is 4.40. The van der Waals surface area contributed by atoms with E-state index in [1.807, 2.05) is 13.0 Å². The lowest BCUT2D eigenvalue weighted by Crippen LogP contribution is -1.94. The molecule has 1 nitrogen and oxygen atoms in total. The molecule has 0 aliphatic carbocycles. The molecule has 0 aliphatic heterocycles. The number of benzene rings is 1. The molecule has 0 bridgehead atoms. The molecular formula is C11H12Br2O. The third-order valence-electron chi connectivity index (χ3n) is 1.73. The molecule has 0 saturated heterocycles. The molecule has 0 N–H and O–H groups in total. The van der Waals surface area contributed by atoms with Crippen LogP contribution in [0.3, 0.4) is 0 Å². The molecule has 1 aromatic carbocycles. The zero-order chi connectivity index (χ0) is 10.6. The van der Waals surface area contributed by atoms with E-state index < -0.39 is 0 Å². The van der Waals surface area contributed by atoms with Gasteiger partial charge in [-0.15, -0.1) is 6.58 Å². The monoisotopic (exact) mass is 318 g/mol. The van der Waals surface area contributed by atoms with E-state index in [2.05, 4.69) is 50.6 Å². The van der Waals surface area contributed by atoms with Crippen LogP contribution >= 0.6 is 31.9 Å². The smallest absolute Gasteiger partial charge is 0.147 e. The second-order valence-corrected chi connectivity index (χ2v) is 4.52. The Morgan fingerprint density at radius 1 is 1.36 bits per heavy atom. The SMILES string of the molecule is C=CCc1cc(Br)c(OCC)c(Br)c1. The van der Waals surface area contributed by atoms with E-state index >= 15 is 0 Å². The molecule has 1 aromatic rings. The maximum absolute atomic E-state index is 5.48. The molecule has 0 unspecified atom stereocenters. The van der Waals surface area contributed by atoms with E-state index in [9.17, 15) is 0 Å². The molecule has 0 aliphatic rings. The fourth-order valence-electron chi connectivity index (χ4n) is 1.18. The lowest BCUT2D eigenvalue weighted by molar-refractivity contribution is 0.336. The normalized spacial score (nSPS) is 9.93. The molecule has 0 saturated carbocycles. The number of ether oxygens (including phenoxy) is 1. The van der Waals surface area contributed by atoms with Crippen LogP contribution in [0.2, 0.25) is 0 Å². The van der Waals surface area contributed by atoms with Gasteiger partial charge in [-0.2, -0.15) is 0 Å². The Morgan fingerprint density at radius 3 is 2.36 bits per heavy atom. The van der Waals surface area contributed by atoms with Gasteiger partial charge in [0.05, 0.1) is 15.6 Å². The standard InChI is InChI=1S/C11H12Br2O/c1-3-5-8-6-9(12)11(14-4-2)10(13)7-8/h3,6-7H,1,4-5H2,2H3. The Hall–Kier alpha value is -0.280. The van der Waals surface area contributed by atoms with Crippen LogP contribution in [0.15, 0.2) is 33.7 Å². The first-order chi connectivity index (χ1) is 6.69. The molecule has 76 valence electrons. The van der Waals surface area contributed by atoms with Crippen molar-refractivity contribution in [3.8, 4) is 5.75 Å². The van der Waals surface area contributed by atoms with Gasteiger partial charge in [0.1, 0.15) is 5.75 Å². The van der Waals surface area contributed by atoms with E-state index in [4.69, 9.17) is 4.74 Å². The van der Waals surface area contributed by atoms with E-state index in [1.54, 1.807) is 0 Å². The number of hydrogen-bond acceptors (Lipinski definition) is 1. The van der Waals surface area contributed by atoms with Gasteiger partial charge in [-0.1, -0.05) is 6.08 Å². The van der Waals surface area contributed by atoms with Crippen LogP contribution < -0.4 is 4.74 Å². The molecule has 0 radical (unpaired) electrons. The van der Waals surface area contributed by atoms with Gasteiger partial charge in [0.2, 0.25) is 0 Å². The third kappa shape index (κ3) is 2.85. The molecule has 0 fully saturated rings. The third-order valence-corrected chi connectivity index (χ3v) is 2.90. The Kier molecular flexibility index (Phi) is 4.69. The van der Waals surface area contributed by atoms with Crippen LogP contribution in [0.1, 0.15) is 12.5 Å². The topological polar surface area (TPSA) is 9.23 Å². The highest BCUT2D eigenvalue weighted by atomic mass is 79.9. The summed E-state index contributed by atoms with van der Waals surface area (Å²) in [6.07, 6.45) is 2.75. The van der Waals surface area contributed by atoms with Crippen molar-refractivity contribution in [1.82, 2.24) is 0 Å². The van der Waals surface area contributed by atoms with E-state index in [0.29, 0.717) is 6.61 Å². The summed E-state index contributed by atoms with van der Waals surface area (Å²) in [7, 11) is 0. The summed E-state index contributed by atoms with van der Waals surface area (Å²) >= 11 is 6.96. The Bertz CT molecular complexity index is 311. The van der Waals surface area contributed by atoms with Crippen molar-refractivity contribution in [3.63, 3.8) is 0 Å².